The Kier molecular flexibility index (Phi) is 6.23. The van der Waals surface area contributed by atoms with Gasteiger partial charge in [0.05, 0.1) is 10.5 Å². The maximum Gasteiger partial charge on any atom is 0.338 e. The van der Waals surface area contributed by atoms with Crippen LogP contribution in [0.1, 0.15) is 55.2 Å². The number of hydrogen-bond acceptors (Lipinski definition) is 8. The number of esters is 1. The lowest BCUT2D eigenvalue weighted by Gasteiger charge is -2.28. The average Bonchev–Trinajstić information content (AvgIpc) is 3.13. The van der Waals surface area contributed by atoms with Gasteiger partial charge in [-0.2, -0.15) is 4.98 Å². The normalized spacial score (nSPS) is 14.3. The Morgan fingerprint density at radius 2 is 2.07 bits per heavy atom. The standard InChI is InChI=1S/C19H24N4O5/c1-13(2)10-17-20-18(28-21-17)12-27-19(24)14-6-7-15(16(11-14)23(25)26)22-8-4-3-5-9-22/h6-7,11,13H,3-5,8-10,12H2,1-2H3. The van der Waals surface area contributed by atoms with Gasteiger partial charge in [-0.25, -0.2) is 4.79 Å². The van der Waals surface area contributed by atoms with Crippen LogP contribution in [0, 0.1) is 16.0 Å². The maximum atomic E-state index is 12.3. The minimum absolute atomic E-state index is 0.0895. The van der Waals surface area contributed by atoms with Gasteiger partial charge in [0.15, 0.2) is 12.4 Å². The molecule has 1 aliphatic heterocycles. The molecule has 0 aliphatic carbocycles. The number of piperidine rings is 1. The summed E-state index contributed by atoms with van der Waals surface area (Å²) in [6, 6.07) is 4.44. The molecule has 1 aromatic carbocycles. The number of carbonyl (C=O) groups is 1. The van der Waals surface area contributed by atoms with Gasteiger partial charge in [0.1, 0.15) is 5.69 Å². The molecule has 1 fully saturated rings. The number of nitrogens with zero attached hydrogens (tertiary/aromatic N) is 4. The quantitative estimate of drug-likeness (QED) is 0.402. The van der Waals surface area contributed by atoms with Crippen LogP contribution in [-0.2, 0) is 17.8 Å². The second kappa shape index (κ2) is 8.81. The van der Waals surface area contributed by atoms with E-state index in [0.29, 0.717) is 23.9 Å². The van der Waals surface area contributed by atoms with E-state index in [4.69, 9.17) is 9.26 Å². The zero-order chi connectivity index (χ0) is 20.1. The number of benzene rings is 1. The first-order valence-electron chi connectivity index (χ1n) is 9.46. The molecule has 2 heterocycles. The molecule has 9 nitrogen and oxygen atoms in total. The summed E-state index contributed by atoms with van der Waals surface area (Å²) in [4.78, 5) is 29.5. The third-order valence-electron chi connectivity index (χ3n) is 4.53. The summed E-state index contributed by atoms with van der Waals surface area (Å²) in [6.45, 7) is 5.46. The van der Waals surface area contributed by atoms with Crippen LogP contribution in [0.2, 0.25) is 0 Å². The summed E-state index contributed by atoms with van der Waals surface area (Å²) >= 11 is 0. The first-order chi connectivity index (χ1) is 13.4. The molecule has 28 heavy (non-hydrogen) atoms. The molecule has 0 saturated carbocycles. The molecule has 1 saturated heterocycles. The molecule has 1 aromatic heterocycles. The molecule has 0 amide bonds. The summed E-state index contributed by atoms with van der Waals surface area (Å²) in [7, 11) is 0. The lowest BCUT2D eigenvalue weighted by Crippen LogP contribution is -2.30. The van der Waals surface area contributed by atoms with Gasteiger partial charge in [0.25, 0.3) is 11.6 Å². The van der Waals surface area contributed by atoms with Gasteiger partial charge >= 0.3 is 5.97 Å². The third kappa shape index (κ3) is 4.85. The van der Waals surface area contributed by atoms with Crippen LogP contribution in [-0.4, -0.2) is 34.1 Å². The summed E-state index contributed by atoms with van der Waals surface area (Å²) in [5, 5.41) is 15.3. The zero-order valence-electron chi connectivity index (χ0n) is 16.1. The van der Waals surface area contributed by atoms with Gasteiger partial charge < -0.3 is 14.2 Å². The topological polar surface area (TPSA) is 112 Å². The average molecular weight is 388 g/mol. The van der Waals surface area contributed by atoms with Crippen molar-refractivity contribution in [3.8, 4) is 0 Å². The first-order valence-corrected chi connectivity index (χ1v) is 9.46. The SMILES string of the molecule is CC(C)Cc1noc(COC(=O)c2ccc(N3CCCCC3)c([N+](=O)[O-])c2)n1. The van der Waals surface area contributed by atoms with Gasteiger partial charge in [-0.1, -0.05) is 19.0 Å². The van der Waals surface area contributed by atoms with Gasteiger partial charge in [0.2, 0.25) is 0 Å². The number of aromatic nitrogens is 2. The Hall–Kier alpha value is -2.97. The molecular formula is C19H24N4O5. The Bertz CT molecular complexity index is 843. The van der Waals surface area contributed by atoms with Crippen LogP contribution < -0.4 is 4.90 Å². The van der Waals surface area contributed by atoms with E-state index in [1.165, 1.54) is 6.07 Å². The molecule has 150 valence electrons. The molecule has 9 heteroatoms. The highest BCUT2D eigenvalue weighted by atomic mass is 16.6. The maximum absolute atomic E-state index is 12.3. The second-order valence-electron chi connectivity index (χ2n) is 7.29. The van der Waals surface area contributed by atoms with Crippen molar-refractivity contribution < 1.29 is 19.0 Å². The molecule has 2 aromatic rings. The van der Waals surface area contributed by atoms with E-state index in [-0.39, 0.29) is 23.7 Å². The predicted molar refractivity (Wildman–Crippen MR) is 101 cm³/mol. The highest BCUT2D eigenvalue weighted by Gasteiger charge is 2.24. The van der Waals surface area contributed by atoms with Gasteiger partial charge in [0, 0.05) is 25.6 Å². The number of hydrogen-bond donors (Lipinski definition) is 0. The number of nitro groups is 1. The molecule has 0 spiro atoms. The fourth-order valence-electron chi connectivity index (χ4n) is 3.21. The molecule has 0 atom stereocenters. The van der Waals surface area contributed by atoms with Gasteiger partial charge in [-0.15, -0.1) is 0 Å². The van der Waals surface area contributed by atoms with Crippen LogP contribution in [0.3, 0.4) is 0 Å². The van der Waals surface area contributed by atoms with E-state index in [0.717, 1.165) is 32.4 Å². The van der Waals surface area contributed by atoms with E-state index < -0.39 is 10.9 Å². The summed E-state index contributed by atoms with van der Waals surface area (Å²) in [6.07, 6.45) is 3.80. The summed E-state index contributed by atoms with van der Waals surface area (Å²) in [5.41, 5.74) is 0.569. The van der Waals surface area contributed by atoms with Crippen molar-refractivity contribution >= 4 is 17.3 Å². The zero-order valence-corrected chi connectivity index (χ0v) is 16.1. The van der Waals surface area contributed by atoms with Crippen LogP contribution in [0.25, 0.3) is 0 Å². The molecule has 3 rings (SSSR count). The van der Waals surface area contributed by atoms with Crippen molar-refractivity contribution in [2.45, 2.75) is 46.1 Å². The smallest absolute Gasteiger partial charge is 0.338 e. The number of nitro benzene ring substituents is 1. The lowest BCUT2D eigenvalue weighted by molar-refractivity contribution is -0.384. The monoisotopic (exact) mass is 388 g/mol. The minimum atomic E-state index is -0.670. The number of ether oxygens (including phenoxy) is 1. The Morgan fingerprint density at radius 3 is 2.75 bits per heavy atom. The van der Waals surface area contributed by atoms with Crippen molar-refractivity contribution in [2.75, 3.05) is 18.0 Å². The van der Waals surface area contributed by atoms with Crippen LogP contribution in [0.5, 0.6) is 0 Å². The molecule has 0 unspecified atom stereocenters. The summed E-state index contributed by atoms with van der Waals surface area (Å²) < 4.78 is 10.2. The largest absolute Gasteiger partial charge is 0.452 e. The van der Waals surface area contributed by atoms with Crippen molar-refractivity contribution in [3.63, 3.8) is 0 Å². The van der Waals surface area contributed by atoms with Gasteiger partial charge in [-0.3, -0.25) is 10.1 Å². The highest BCUT2D eigenvalue weighted by molar-refractivity contribution is 5.91. The minimum Gasteiger partial charge on any atom is -0.452 e. The second-order valence-corrected chi connectivity index (χ2v) is 7.29. The molecule has 0 bridgehead atoms. The van der Waals surface area contributed by atoms with Crippen molar-refractivity contribution in [2.24, 2.45) is 5.92 Å². The Labute approximate surface area is 162 Å². The van der Waals surface area contributed by atoms with E-state index in [1.807, 2.05) is 18.7 Å². The lowest BCUT2D eigenvalue weighted by atomic mass is 10.1. The fourth-order valence-corrected chi connectivity index (χ4v) is 3.21. The van der Waals surface area contributed by atoms with E-state index in [1.54, 1.807) is 12.1 Å². The van der Waals surface area contributed by atoms with E-state index >= 15 is 0 Å². The first kappa shape index (κ1) is 19.8. The number of anilines is 1. The van der Waals surface area contributed by atoms with Gasteiger partial charge in [-0.05, 0) is 37.3 Å². The predicted octanol–water partition coefficient (Wildman–Crippen LogP) is 3.52. The Balaban J connectivity index is 1.68. The van der Waals surface area contributed by atoms with Crippen molar-refractivity contribution in [3.05, 3.63) is 45.6 Å². The third-order valence-corrected chi connectivity index (χ3v) is 4.53. The molecule has 0 N–H and O–H groups in total. The van der Waals surface area contributed by atoms with Crippen LogP contribution in [0.4, 0.5) is 11.4 Å². The highest BCUT2D eigenvalue weighted by Crippen LogP contribution is 2.31. The van der Waals surface area contributed by atoms with Crippen molar-refractivity contribution in [1.82, 2.24) is 10.1 Å². The Morgan fingerprint density at radius 1 is 1.32 bits per heavy atom. The molecule has 1 aliphatic rings. The fraction of sp³-hybridized carbons (Fsp3) is 0.526. The number of carbonyl (C=O) groups excluding carboxylic acids is 1. The number of rotatable bonds is 7. The van der Waals surface area contributed by atoms with Crippen LogP contribution in [0.15, 0.2) is 22.7 Å². The van der Waals surface area contributed by atoms with Crippen LogP contribution >= 0.6 is 0 Å². The summed E-state index contributed by atoms with van der Waals surface area (Å²) in [5.74, 6) is 0.467. The van der Waals surface area contributed by atoms with Crippen molar-refractivity contribution in [1.29, 1.82) is 0 Å². The van der Waals surface area contributed by atoms with E-state index in [2.05, 4.69) is 10.1 Å². The molecule has 0 radical (unpaired) electrons. The molecular weight excluding hydrogens is 364 g/mol. The van der Waals surface area contributed by atoms with E-state index in [9.17, 15) is 14.9 Å².